The van der Waals surface area contributed by atoms with Gasteiger partial charge in [-0.15, -0.1) is 0 Å². The van der Waals surface area contributed by atoms with Crippen LogP contribution in [-0.2, 0) is 11.3 Å². The zero-order valence-corrected chi connectivity index (χ0v) is 19.5. The first kappa shape index (κ1) is 24.0. The van der Waals surface area contributed by atoms with Gasteiger partial charge in [0.05, 0.1) is 13.7 Å². The highest BCUT2D eigenvalue weighted by Crippen LogP contribution is 2.36. The van der Waals surface area contributed by atoms with E-state index in [9.17, 15) is 4.79 Å². The number of hydrogen-bond donors (Lipinski definition) is 2. The van der Waals surface area contributed by atoms with Crippen LogP contribution in [0.4, 0.5) is 0 Å². The SMILES string of the molecule is COc1ccc(Br)c(CNCCCOc2ccccn2)c1OCC(=O)NC(C)(C)C. The Labute approximate surface area is 186 Å². The lowest BCUT2D eigenvalue weighted by Crippen LogP contribution is -2.43. The van der Waals surface area contributed by atoms with Crippen LogP contribution in [0.15, 0.2) is 41.0 Å². The number of rotatable bonds is 11. The first-order chi connectivity index (χ1) is 14.3. The second-order valence-corrected chi connectivity index (χ2v) is 8.55. The van der Waals surface area contributed by atoms with Gasteiger partial charge in [-0.05, 0) is 51.9 Å². The van der Waals surface area contributed by atoms with Gasteiger partial charge < -0.3 is 24.8 Å². The molecule has 0 radical (unpaired) electrons. The fourth-order valence-electron chi connectivity index (χ4n) is 2.68. The molecule has 0 fully saturated rings. The fraction of sp³-hybridized carbons (Fsp3) is 0.455. The number of carbonyl (C=O) groups is 1. The van der Waals surface area contributed by atoms with Crippen molar-refractivity contribution in [3.8, 4) is 17.4 Å². The van der Waals surface area contributed by atoms with E-state index in [1.807, 2.05) is 51.1 Å². The number of halogens is 1. The molecule has 1 aromatic carbocycles. The van der Waals surface area contributed by atoms with Gasteiger partial charge in [-0.25, -0.2) is 4.98 Å². The third-order valence-corrected chi connectivity index (χ3v) is 4.68. The Bertz CT molecular complexity index is 810. The van der Waals surface area contributed by atoms with Crippen molar-refractivity contribution in [1.82, 2.24) is 15.6 Å². The number of nitrogens with zero attached hydrogens (tertiary/aromatic N) is 1. The van der Waals surface area contributed by atoms with Crippen molar-refractivity contribution in [1.29, 1.82) is 0 Å². The molecule has 0 bridgehead atoms. The smallest absolute Gasteiger partial charge is 0.258 e. The highest BCUT2D eigenvalue weighted by molar-refractivity contribution is 9.10. The summed E-state index contributed by atoms with van der Waals surface area (Å²) in [7, 11) is 1.58. The topological polar surface area (TPSA) is 81.7 Å². The Morgan fingerprint density at radius 2 is 1.97 bits per heavy atom. The summed E-state index contributed by atoms with van der Waals surface area (Å²) in [6.45, 7) is 7.57. The lowest BCUT2D eigenvalue weighted by atomic mass is 10.1. The van der Waals surface area contributed by atoms with Gasteiger partial charge in [0.15, 0.2) is 18.1 Å². The molecule has 0 spiro atoms. The van der Waals surface area contributed by atoms with Gasteiger partial charge in [0, 0.05) is 34.4 Å². The van der Waals surface area contributed by atoms with E-state index in [4.69, 9.17) is 14.2 Å². The summed E-state index contributed by atoms with van der Waals surface area (Å²) < 4.78 is 17.8. The van der Waals surface area contributed by atoms with Crippen LogP contribution in [0.2, 0.25) is 0 Å². The summed E-state index contributed by atoms with van der Waals surface area (Å²) in [4.78, 5) is 16.3. The number of benzene rings is 1. The number of ether oxygens (including phenoxy) is 3. The molecule has 0 saturated heterocycles. The lowest BCUT2D eigenvalue weighted by Gasteiger charge is -2.21. The molecule has 164 valence electrons. The molecule has 1 heterocycles. The Hall–Kier alpha value is -2.32. The predicted octanol–water partition coefficient (Wildman–Crippen LogP) is 3.70. The zero-order valence-electron chi connectivity index (χ0n) is 18.0. The average Bonchev–Trinajstić information content (AvgIpc) is 2.69. The van der Waals surface area contributed by atoms with E-state index in [2.05, 4.69) is 31.5 Å². The highest BCUT2D eigenvalue weighted by Gasteiger charge is 2.18. The normalized spacial score (nSPS) is 11.1. The van der Waals surface area contributed by atoms with Gasteiger partial charge >= 0.3 is 0 Å². The van der Waals surface area contributed by atoms with Gasteiger partial charge in [-0.2, -0.15) is 0 Å². The number of hydrogen-bond acceptors (Lipinski definition) is 6. The molecule has 0 aliphatic rings. The minimum Gasteiger partial charge on any atom is -0.493 e. The maximum absolute atomic E-state index is 12.2. The molecule has 2 rings (SSSR count). The van der Waals surface area contributed by atoms with E-state index in [0.717, 1.165) is 23.0 Å². The summed E-state index contributed by atoms with van der Waals surface area (Å²) in [6.07, 6.45) is 2.53. The number of amides is 1. The summed E-state index contributed by atoms with van der Waals surface area (Å²) in [5.74, 6) is 1.57. The quantitative estimate of drug-likeness (QED) is 0.478. The molecule has 0 saturated carbocycles. The van der Waals surface area contributed by atoms with Crippen molar-refractivity contribution >= 4 is 21.8 Å². The monoisotopic (exact) mass is 479 g/mol. The molecule has 1 aromatic heterocycles. The maximum Gasteiger partial charge on any atom is 0.258 e. The molecule has 1 amide bonds. The van der Waals surface area contributed by atoms with Crippen molar-refractivity contribution < 1.29 is 19.0 Å². The van der Waals surface area contributed by atoms with E-state index in [1.165, 1.54) is 0 Å². The Balaban J connectivity index is 1.90. The molecule has 0 atom stereocenters. The fourth-order valence-corrected chi connectivity index (χ4v) is 3.13. The van der Waals surface area contributed by atoms with E-state index in [1.54, 1.807) is 13.3 Å². The van der Waals surface area contributed by atoms with Crippen LogP contribution in [0.1, 0.15) is 32.8 Å². The highest BCUT2D eigenvalue weighted by atomic mass is 79.9. The van der Waals surface area contributed by atoms with Crippen LogP contribution in [0.5, 0.6) is 17.4 Å². The summed E-state index contributed by atoms with van der Waals surface area (Å²) >= 11 is 3.57. The van der Waals surface area contributed by atoms with E-state index >= 15 is 0 Å². The minimum absolute atomic E-state index is 0.0883. The third kappa shape index (κ3) is 8.20. The molecular formula is C22H30BrN3O4. The molecule has 2 N–H and O–H groups in total. The minimum atomic E-state index is -0.316. The maximum atomic E-state index is 12.2. The van der Waals surface area contributed by atoms with Crippen LogP contribution < -0.4 is 24.8 Å². The number of aromatic nitrogens is 1. The van der Waals surface area contributed by atoms with E-state index < -0.39 is 0 Å². The third-order valence-electron chi connectivity index (χ3n) is 3.94. The second kappa shape index (κ2) is 11.8. The van der Waals surface area contributed by atoms with Gasteiger partial charge in [0.25, 0.3) is 5.91 Å². The molecule has 30 heavy (non-hydrogen) atoms. The number of pyridine rings is 1. The standard InChI is InChI=1S/C22H30BrN3O4/c1-22(2,3)26-19(27)15-30-21-16(17(23)9-10-18(21)28-4)14-24-11-7-13-29-20-8-5-6-12-25-20/h5-6,8-10,12,24H,7,11,13-15H2,1-4H3,(H,26,27). The molecule has 8 heteroatoms. The van der Waals surface area contributed by atoms with Crippen molar-refractivity contribution in [2.24, 2.45) is 0 Å². The van der Waals surface area contributed by atoms with Crippen molar-refractivity contribution in [3.05, 3.63) is 46.6 Å². The lowest BCUT2D eigenvalue weighted by molar-refractivity contribution is -0.124. The molecule has 0 aliphatic carbocycles. The van der Waals surface area contributed by atoms with Crippen LogP contribution in [0.25, 0.3) is 0 Å². The molecule has 0 aliphatic heterocycles. The van der Waals surface area contributed by atoms with Gasteiger partial charge in [0.2, 0.25) is 5.88 Å². The molecule has 7 nitrogen and oxygen atoms in total. The zero-order chi connectivity index (χ0) is 22.0. The predicted molar refractivity (Wildman–Crippen MR) is 120 cm³/mol. The number of carbonyl (C=O) groups excluding carboxylic acids is 1. The Morgan fingerprint density at radius 3 is 2.63 bits per heavy atom. The number of methoxy groups -OCH3 is 1. The van der Waals surface area contributed by atoms with Crippen LogP contribution >= 0.6 is 15.9 Å². The Morgan fingerprint density at radius 1 is 1.17 bits per heavy atom. The second-order valence-electron chi connectivity index (χ2n) is 7.69. The van der Waals surface area contributed by atoms with Gasteiger partial charge in [-0.3, -0.25) is 4.79 Å². The Kier molecular flexibility index (Phi) is 9.39. The van der Waals surface area contributed by atoms with Crippen molar-refractivity contribution in [3.63, 3.8) is 0 Å². The van der Waals surface area contributed by atoms with Crippen LogP contribution in [-0.4, -0.2) is 43.3 Å². The summed E-state index contributed by atoms with van der Waals surface area (Å²) in [5, 5.41) is 6.27. The molecular weight excluding hydrogens is 450 g/mol. The van der Waals surface area contributed by atoms with E-state index in [0.29, 0.717) is 30.5 Å². The molecule has 0 unspecified atom stereocenters. The number of nitrogens with one attached hydrogen (secondary N) is 2. The average molecular weight is 480 g/mol. The first-order valence-electron chi connectivity index (χ1n) is 9.84. The largest absolute Gasteiger partial charge is 0.493 e. The van der Waals surface area contributed by atoms with Crippen molar-refractivity contribution in [2.45, 2.75) is 39.3 Å². The van der Waals surface area contributed by atoms with Gasteiger partial charge in [-0.1, -0.05) is 22.0 Å². The van der Waals surface area contributed by atoms with E-state index in [-0.39, 0.29) is 18.1 Å². The van der Waals surface area contributed by atoms with Gasteiger partial charge in [0.1, 0.15) is 0 Å². The first-order valence-corrected chi connectivity index (χ1v) is 10.6. The summed E-state index contributed by atoms with van der Waals surface area (Å²) in [6, 6.07) is 9.30. The summed E-state index contributed by atoms with van der Waals surface area (Å²) in [5.41, 5.74) is 0.576. The molecule has 2 aromatic rings. The van der Waals surface area contributed by atoms with Crippen LogP contribution in [0, 0.1) is 0 Å². The van der Waals surface area contributed by atoms with Crippen LogP contribution in [0.3, 0.4) is 0 Å². The van der Waals surface area contributed by atoms with Crippen molar-refractivity contribution in [2.75, 3.05) is 26.9 Å².